The highest BCUT2D eigenvalue weighted by molar-refractivity contribution is 5.66. The molecule has 6 aromatic carbocycles. The molecule has 3 fully saturated rings. The molecule has 354 valence electrons. The predicted molar refractivity (Wildman–Crippen MR) is 254 cm³/mol. The first-order valence-electron chi connectivity index (χ1n) is 23.5. The van der Waals surface area contributed by atoms with Crippen LogP contribution in [0.5, 0.6) is 0 Å². The summed E-state index contributed by atoms with van der Waals surface area (Å²) in [4.78, 5) is 13.8. The molecule has 3 aliphatic heterocycles. The Hall–Kier alpha value is -5.57. The van der Waals surface area contributed by atoms with Gasteiger partial charge in [0.05, 0.1) is 64.9 Å². The van der Waals surface area contributed by atoms with Gasteiger partial charge in [-0.3, -0.25) is 4.79 Å². The molecule has 0 aromatic heterocycles. The Morgan fingerprint density at radius 1 is 0.471 bits per heavy atom. The van der Waals surface area contributed by atoms with Gasteiger partial charge in [-0.25, -0.2) is 0 Å². The van der Waals surface area contributed by atoms with E-state index in [0.717, 1.165) is 33.4 Å². The third-order valence-corrected chi connectivity index (χ3v) is 12.6. The number of esters is 1. The van der Waals surface area contributed by atoms with E-state index >= 15 is 0 Å². The highest BCUT2D eigenvalue weighted by Gasteiger charge is 2.61. The first-order valence-corrected chi connectivity index (χ1v) is 23.5. The maximum atomic E-state index is 13.8. The zero-order valence-electron chi connectivity index (χ0n) is 38.3. The van der Waals surface area contributed by atoms with E-state index in [4.69, 9.17) is 47.4 Å². The van der Waals surface area contributed by atoms with Crippen LogP contribution >= 0.6 is 0 Å². The summed E-state index contributed by atoms with van der Waals surface area (Å²) in [7, 11) is 0. The van der Waals surface area contributed by atoms with Gasteiger partial charge in [0.1, 0.15) is 48.8 Å². The van der Waals surface area contributed by atoms with Crippen LogP contribution in [0.15, 0.2) is 182 Å². The standard InChI is InChI=1S/C57H60O11/c1-40(58)66-52(49-50(60-33-42-22-10-3-11-23-42)48-39-65-57(68-48)53(49)62-35-44-26-14-5-15-27-44)56-55(64-37-46-30-18-7-19-31-46)54(63-36-45-28-16-6-17-29-45)51(61-34-43-24-12-4-13-25-43)47(67-56)38-59-32-41-20-8-2-9-21-41/h2-31,47-57H,32-39H2,1H3/t47-,48-,49-,50+,51-,52?,53+,54+,55+,56-,57-/m1/s1. The van der Waals surface area contributed by atoms with Gasteiger partial charge in [0.25, 0.3) is 0 Å². The zero-order chi connectivity index (χ0) is 46.3. The lowest BCUT2D eigenvalue weighted by Gasteiger charge is -2.51. The molecule has 0 N–H and O–H groups in total. The number of ether oxygens (including phenoxy) is 10. The summed E-state index contributed by atoms with van der Waals surface area (Å²) in [5.74, 6) is -1.20. The fourth-order valence-corrected chi connectivity index (χ4v) is 9.36. The van der Waals surface area contributed by atoms with Crippen molar-refractivity contribution in [3.63, 3.8) is 0 Å². The highest BCUT2D eigenvalue weighted by Crippen LogP contribution is 2.44. The number of fused-ring (bicyclic) bond motifs is 2. The van der Waals surface area contributed by atoms with Crippen molar-refractivity contribution in [3.05, 3.63) is 215 Å². The second-order valence-electron chi connectivity index (χ2n) is 17.5. The van der Waals surface area contributed by atoms with Gasteiger partial charge in [-0.2, -0.15) is 0 Å². The Kier molecular flexibility index (Phi) is 16.8. The van der Waals surface area contributed by atoms with Crippen molar-refractivity contribution in [2.45, 2.75) is 108 Å². The van der Waals surface area contributed by atoms with Gasteiger partial charge in [0, 0.05) is 6.92 Å². The molecule has 3 saturated heterocycles. The largest absolute Gasteiger partial charge is 0.459 e. The van der Waals surface area contributed by atoms with Crippen molar-refractivity contribution in [2.75, 3.05) is 13.2 Å². The summed E-state index contributed by atoms with van der Waals surface area (Å²) in [6.07, 6.45) is -7.86. The van der Waals surface area contributed by atoms with Gasteiger partial charge in [0.15, 0.2) is 6.29 Å². The van der Waals surface area contributed by atoms with Gasteiger partial charge in [-0.15, -0.1) is 0 Å². The van der Waals surface area contributed by atoms with Crippen LogP contribution < -0.4 is 0 Å². The van der Waals surface area contributed by atoms with E-state index in [0.29, 0.717) is 6.61 Å². The van der Waals surface area contributed by atoms with Crippen LogP contribution in [0.1, 0.15) is 40.3 Å². The number of carbonyl (C=O) groups is 1. The fraction of sp³-hybridized carbons (Fsp3) is 0.351. The van der Waals surface area contributed by atoms with Gasteiger partial charge < -0.3 is 47.4 Å². The molecule has 11 atom stereocenters. The normalized spacial score (nSPS) is 26.0. The van der Waals surface area contributed by atoms with Crippen LogP contribution in [0.2, 0.25) is 0 Å². The molecule has 1 unspecified atom stereocenters. The van der Waals surface area contributed by atoms with Crippen LogP contribution in [0, 0.1) is 5.92 Å². The van der Waals surface area contributed by atoms with Crippen LogP contribution in [0.25, 0.3) is 0 Å². The van der Waals surface area contributed by atoms with Crippen LogP contribution in [0.4, 0.5) is 0 Å². The number of carbonyl (C=O) groups excluding carboxylic acids is 1. The average molecular weight is 921 g/mol. The summed E-state index contributed by atoms with van der Waals surface area (Å²) in [5, 5.41) is 0. The summed E-state index contributed by atoms with van der Waals surface area (Å²) in [5.41, 5.74) is 5.83. The second kappa shape index (κ2) is 24.1. The van der Waals surface area contributed by atoms with Gasteiger partial charge in [-0.1, -0.05) is 182 Å². The zero-order valence-corrected chi connectivity index (χ0v) is 38.3. The first-order chi connectivity index (χ1) is 33.6. The third-order valence-electron chi connectivity index (χ3n) is 12.6. The maximum Gasteiger partial charge on any atom is 0.303 e. The summed E-state index contributed by atoms with van der Waals surface area (Å²) in [6.45, 7) is 3.34. The van der Waals surface area contributed by atoms with Gasteiger partial charge in [0.2, 0.25) is 0 Å². The Morgan fingerprint density at radius 2 is 0.853 bits per heavy atom. The fourth-order valence-electron chi connectivity index (χ4n) is 9.36. The molecule has 0 aliphatic carbocycles. The van der Waals surface area contributed by atoms with Crippen molar-refractivity contribution < 1.29 is 52.2 Å². The molecule has 0 amide bonds. The SMILES string of the molecule is CC(=O)OC([C@@H]1[C@H](OCc2ccccc2)[C@@H]2OC[C@@H](O2)[C@@H]1OCc1ccccc1)[C@H]1O[C@H](COCc2ccccc2)[C@@H](OCc2ccccc2)[C@H](OCc2ccccc2)[C@@H]1OCc1ccccc1. The van der Waals surface area contributed by atoms with Crippen LogP contribution in [-0.4, -0.2) is 80.4 Å². The van der Waals surface area contributed by atoms with E-state index < -0.39 is 73.1 Å². The van der Waals surface area contributed by atoms with E-state index in [1.165, 1.54) is 6.92 Å². The minimum atomic E-state index is -1.04. The summed E-state index contributed by atoms with van der Waals surface area (Å²) >= 11 is 0. The maximum absolute atomic E-state index is 13.8. The minimum absolute atomic E-state index is 0.123. The van der Waals surface area contributed by atoms with E-state index in [1.807, 2.05) is 182 Å². The highest BCUT2D eigenvalue weighted by atomic mass is 16.8. The molecule has 9 rings (SSSR count). The molecule has 11 nitrogen and oxygen atoms in total. The lowest BCUT2D eigenvalue weighted by atomic mass is 9.79. The molecule has 2 bridgehead atoms. The van der Waals surface area contributed by atoms with Crippen molar-refractivity contribution >= 4 is 5.97 Å². The summed E-state index contributed by atoms with van der Waals surface area (Å²) in [6, 6.07) is 59.9. The van der Waals surface area contributed by atoms with Crippen molar-refractivity contribution in [1.82, 2.24) is 0 Å². The van der Waals surface area contributed by atoms with Gasteiger partial charge >= 0.3 is 5.97 Å². The van der Waals surface area contributed by atoms with Crippen molar-refractivity contribution in [3.8, 4) is 0 Å². The monoisotopic (exact) mass is 920 g/mol. The van der Waals surface area contributed by atoms with E-state index in [9.17, 15) is 4.79 Å². The molecule has 11 heteroatoms. The Labute approximate surface area is 399 Å². The second-order valence-corrected chi connectivity index (χ2v) is 17.5. The lowest BCUT2D eigenvalue weighted by molar-refractivity contribution is -0.311. The minimum Gasteiger partial charge on any atom is -0.459 e. The van der Waals surface area contributed by atoms with Crippen LogP contribution in [0.3, 0.4) is 0 Å². The van der Waals surface area contributed by atoms with E-state index in [1.54, 1.807) is 0 Å². The first kappa shape index (κ1) is 47.5. The van der Waals surface area contributed by atoms with Crippen molar-refractivity contribution in [1.29, 1.82) is 0 Å². The molecule has 0 spiro atoms. The van der Waals surface area contributed by atoms with Gasteiger partial charge in [-0.05, 0) is 33.4 Å². The third kappa shape index (κ3) is 12.5. The molecular weight excluding hydrogens is 861 g/mol. The Balaban J connectivity index is 1.14. The van der Waals surface area contributed by atoms with E-state index in [-0.39, 0.29) is 46.2 Å². The quantitative estimate of drug-likeness (QED) is 0.0609. The summed E-state index contributed by atoms with van der Waals surface area (Å²) < 4.78 is 68.6. The van der Waals surface area contributed by atoms with E-state index in [2.05, 4.69) is 0 Å². The molecule has 3 aliphatic rings. The Morgan fingerprint density at radius 3 is 1.29 bits per heavy atom. The topological polar surface area (TPSA) is 109 Å². The molecule has 6 aromatic rings. The number of rotatable bonds is 22. The van der Waals surface area contributed by atoms with Crippen molar-refractivity contribution in [2.24, 2.45) is 5.92 Å². The predicted octanol–water partition coefficient (Wildman–Crippen LogP) is 9.20. The molecule has 3 heterocycles. The van der Waals surface area contributed by atoms with Crippen LogP contribution in [-0.2, 0) is 91.8 Å². The molecular formula is C57H60O11. The lowest BCUT2D eigenvalue weighted by Crippen LogP contribution is -2.68. The number of benzene rings is 6. The average Bonchev–Trinajstić information content (AvgIpc) is 3.82. The Bertz CT molecular complexity index is 2320. The number of hydrogen-bond acceptors (Lipinski definition) is 11. The molecule has 0 radical (unpaired) electrons. The number of hydrogen-bond donors (Lipinski definition) is 0. The smallest absolute Gasteiger partial charge is 0.303 e. The molecule has 0 saturated carbocycles. The molecule has 68 heavy (non-hydrogen) atoms.